The quantitative estimate of drug-likeness (QED) is 0.0169. The Bertz CT molecular complexity index is 2160. The van der Waals surface area contributed by atoms with Crippen LogP contribution in [0.4, 0.5) is 0 Å². The van der Waals surface area contributed by atoms with Gasteiger partial charge in [-0.3, -0.25) is 37.3 Å². The average Bonchev–Trinajstić information content (AvgIpc) is 0.902. The fourth-order valence-electron chi connectivity index (χ4n) is 13.3. The molecule has 0 fully saturated rings. The van der Waals surface area contributed by atoms with Crippen molar-refractivity contribution in [3.05, 3.63) is 24.3 Å². The van der Waals surface area contributed by atoms with Crippen molar-refractivity contribution in [1.29, 1.82) is 0 Å². The zero-order chi connectivity index (χ0) is 79.2. The van der Waals surface area contributed by atoms with Gasteiger partial charge in [0.15, 0.2) is 12.2 Å². The molecule has 108 heavy (non-hydrogen) atoms. The summed E-state index contributed by atoms with van der Waals surface area (Å²) in [5.74, 6) is -0.389. The number of hydrogen-bond donors (Lipinski definition) is 3. The van der Waals surface area contributed by atoms with Crippen LogP contribution in [0.2, 0.25) is 0 Å². The zero-order valence-electron chi connectivity index (χ0n) is 70.6. The molecule has 638 valence electrons. The molecule has 7 atom stereocenters. The lowest BCUT2D eigenvalue weighted by atomic mass is 9.99. The van der Waals surface area contributed by atoms with Crippen molar-refractivity contribution in [2.75, 3.05) is 39.6 Å². The standard InChI is InChI=1S/C89H170O17P2/c1-7-11-13-15-17-19-20-21-30-38-43-49-55-61-67-73-88(93)105-84(77-99-86(91)71-65-59-53-45-18-16-14-12-8-2)79-103-107(95,96)101-75-83(90)76-102-108(97,98)104-80-85(106-89(94)74-68-62-56-50-44-39-34-29-25-23-27-32-36-41-47-52-58-64-70-82(6)10-4)78-100-87(92)72-66-60-54-48-42-37-33-28-24-22-26-31-35-40-46-51-57-63-69-81(5)9-3/h19-21,30,81-85,90H,7-18,22-29,31-80H2,1-6H3,(H,95,96)(H,97,98)/b20-19-,30-21-/t81?,82?,83-,84+,85+/m0/s1. The van der Waals surface area contributed by atoms with E-state index in [4.69, 9.17) is 37.0 Å². The molecule has 0 aromatic carbocycles. The predicted molar refractivity (Wildman–Crippen MR) is 446 cm³/mol. The number of aliphatic hydroxyl groups excluding tert-OH is 1. The Labute approximate surface area is 663 Å². The molecule has 0 amide bonds. The number of unbranched alkanes of at least 4 members (excludes halogenated alkanes) is 51. The monoisotopic (exact) mass is 1570 g/mol. The van der Waals surface area contributed by atoms with Crippen molar-refractivity contribution < 1.29 is 80.2 Å². The van der Waals surface area contributed by atoms with Crippen LogP contribution < -0.4 is 0 Å². The first-order valence-electron chi connectivity index (χ1n) is 45.4. The van der Waals surface area contributed by atoms with E-state index in [1.165, 1.54) is 257 Å². The molecular formula is C89H170O17P2. The Hall–Kier alpha value is -2.46. The van der Waals surface area contributed by atoms with Gasteiger partial charge in [-0.2, -0.15) is 0 Å². The van der Waals surface area contributed by atoms with Gasteiger partial charge in [-0.1, -0.05) is 400 Å². The van der Waals surface area contributed by atoms with Gasteiger partial charge in [-0.25, -0.2) is 9.13 Å². The lowest BCUT2D eigenvalue weighted by Gasteiger charge is -2.21. The minimum absolute atomic E-state index is 0.0853. The number of rotatable bonds is 86. The number of esters is 4. The largest absolute Gasteiger partial charge is 0.472 e. The second-order valence-electron chi connectivity index (χ2n) is 31.8. The lowest BCUT2D eigenvalue weighted by molar-refractivity contribution is -0.161. The number of phosphoric acid groups is 2. The van der Waals surface area contributed by atoms with Crippen LogP contribution in [0.3, 0.4) is 0 Å². The second kappa shape index (κ2) is 79.8. The van der Waals surface area contributed by atoms with Gasteiger partial charge in [0, 0.05) is 25.7 Å². The highest BCUT2D eigenvalue weighted by atomic mass is 31.2. The molecule has 0 saturated carbocycles. The number of phosphoric ester groups is 2. The maximum absolute atomic E-state index is 13.2. The highest BCUT2D eigenvalue weighted by Gasteiger charge is 2.30. The number of carbonyl (C=O) groups is 4. The van der Waals surface area contributed by atoms with Crippen molar-refractivity contribution in [1.82, 2.24) is 0 Å². The van der Waals surface area contributed by atoms with Crippen LogP contribution >= 0.6 is 15.6 Å². The first kappa shape index (κ1) is 106. The zero-order valence-corrected chi connectivity index (χ0v) is 72.4. The minimum atomic E-state index is -4.97. The van der Waals surface area contributed by atoms with E-state index in [1.807, 2.05) is 0 Å². The van der Waals surface area contributed by atoms with E-state index in [1.54, 1.807) is 0 Å². The van der Waals surface area contributed by atoms with Crippen LogP contribution in [-0.4, -0.2) is 96.7 Å². The number of carbonyl (C=O) groups excluding carboxylic acids is 4. The molecule has 0 aromatic rings. The van der Waals surface area contributed by atoms with Crippen LogP contribution in [0.25, 0.3) is 0 Å². The molecular weight excluding hydrogens is 1400 g/mol. The Morgan fingerprint density at radius 1 is 0.296 bits per heavy atom. The first-order valence-corrected chi connectivity index (χ1v) is 48.4. The van der Waals surface area contributed by atoms with E-state index < -0.39 is 97.5 Å². The van der Waals surface area contributed by atoms with Crippen LogP contribution in [0.15, 0.2) is 24.3 Å². The van der Waals surface area contributed by atoms with E-state index >= 15 is 0 Å². The third-order valence-electron chi connectivity index (χ3n) is 21.1. The summed E-state index contributed by atoms with van der Waals surface area (Å²) in [6.45, 7) is 9.73. The Balaban J connectivity index is 5.22. The molecule has 0 bridgehead atoms. The van der Waals surface area contributed by atoms with Gasteiger partial charge in [0.05, 0.1) is 26.4 Å². The molecule has 0 aliphatic rings. The summed E-state index contributed by atoms with van der Waals surface area (Å²) in [4.78, 5) is 73.2. The lowest BCUT2D eigenvalue weighted by Crippen LogP contribution is -2.30. The third-order valence-corrected chi connectivity index (χ3v) is 23.0. The molecule has 0 rings (SSSR count). The summed E-state index contributed by atoms with van der Waals surface area (Å²) in [5, 5.41) is 10.7. The molecule has 0 spiro atoms. The third kappa shape index (κ3) is 78.8. The molecule has 0 heterocycles. The van der Waals surface area contributed by atoms with E-state index in [2.05, 4.69) is 65.8 Å². The molecule has 17 nitrogen and oxygen atoms in total. The fraction of sp³-hybridized carbons (Fsp3) is 0.910. The smallest absolute Gasteiger partial charge is 0.462 e. The molecule has 0 aromatic heterocycles. The Morgan fingerprint density at radius 2 is 0.519 bits per heavy atom. The Kier molecular flexibility index (Phi) is 77.9. The molecule has 0 aliphatic heterocycles. The van der Waals surface area contributed by atoms with Gasteiger partial charge in [0.1, 0.15) is 19.3 Å². The SMILES string of the molecule is CCCCCC/C=C\C=C/CCCCCCCC(=O)O[C@H](COC(=O)CCCCCCCCCCC)COP(=O)(O)OC[C@H](O)COP(=O)(O)OC[C@@H](COC(=O)CCCCCCCCCCCCCCCCCCCCC(C)CC)OC(=O)CCCCCCCCCCCCCCCCCCCCC(C)CC. The number of aliphatic hydroxyl groups is 1. The maximum atomic E-state index is 13.2. The second-order valence-corrected chi connectivity index (χ2v) is 34.7. The fourth-order valence-corrected chi connectivity index (χ4v) is 14.9. The van der Waals surface area contributed by atoms with Crippen molar-refractivity contribution in [3.63, 3.8) is 0 Å². The first-order chi connectivity index (χ1) is 52.4. The molecule has 0 aliphatic carbocycles. The van der Waals surface area contributed by atoms with Crippen molar-refractivity contribution in [2.24, 2.45) is 11.8 Å². The van der Waals surface area contributed by atoms with E-state index in [0.29, 0.717) is 25.7 Å². The van der Waals surface area contributed by atoms with Crippen LogP contribution in [0.1, 0.15) is 452 Å². The summed E-state index contributed by atoms with van der Waals surface area (Å²) in [7, 11) is -9.94. The highest BCUT2D eigenvalue weighted by molar-refractivity contribution is 7.47. The number of ether oxygens (including phenoxy) is 4. The van der Waals surface area contributed by atoms with Gasteiger partial charge < -0.3 is 33.8 Å². The number of hydrogen-bond acceptors (Lipinski definition) is 15. The summed E-state index contributed by atoms with van der Waals surface area (Å²) in [5.41, 5.74) is 0. The van der Waals surface area contributed by atoms with Gasteiger partial charge in [-0.05, 0) is 63.2 Å². The van der Waals surface area contributed by atoms with Crippen LogP contribution in [-0.2, 0) is 65.4 Å². The summed E-state index contributed by atoms with van der Waals surface area (Å²) in [6, 6.07) is 0. The average molecular weight is 1570 g/mol. The predicted octanol–water partition coefficient (Wildman–Crippen LogP) is 27.0. The van der Waals surface area contributed by atoms with Gasteiger partial charge in [0.2, 0.25) is 0 Å². The van der Waals surface area contributed by atoms with E-state index in [0.717, 1.165) is 115 Å². The normalized spacial score (nSPS) is 14.4. The topological polar surface area (TPSA) is 237 Å². The van der Waals surface area contributed by atoms with Crippen LogP contribution in [0, 0.1) is 11.8 Å². The maximum Gasteiger partial charge on any atom is 0.472 e. The van der Waals surface area contributed by atoms with Crippen molar-refractivity contribution in [3.8, 4) is 0 Å². The Morgan fingerprint density at radius 3 is 0.787 bits per heavy atom. The van der Waals surface area contributed by atoms with E-state index in [-0.39, 0.29) is 25.7 Å². The summed E-state index contributed by atoms with van der Waals surface area (Å²) < 4.78 is 68.8. The molecule has 0 saturated heterocycles. The van der Waals surface area contributed by atoms with Crippen molar-refractivity contribution >= 4 is 39.5 Å². The molecule has 19 heteroatoms. The van der Waals surface area contributed by atoms with E-state index in [9.17, 15) is 43.2 Å². The molecule has 0 radical (unpaired) electrons. The molecule has 4 unspecified atom stereocenters. The highest BCUT2D eigenvalue weighted by Crippen LogP contribution is 2.45. The minimum Gasteiger partial charge on any atom is -0.462 e. The van der Waals surface area contributed by atoms with Gasteiger partial charge in [0.25, 0.3) is 0 Å². The van der Waals surface area contributed by atoms with Crippen LogP contribution in [0.5, 0.6) is 0 Å². The van der Waals surface area contributed by atoms with Gasteiger partial charge >= 0.3 is 39.5 Å². The summed E-state index contributed by atoms with van der Waals surface area (Å²) >= 11 is 0. The van der Waals surface area contributed by atoms with Crippen molar-refractivity contribution in [2.45, 2.75) is 471 Å². The summed E-state index contributed by atoms with van der Waals surface area (Å²) in [6.07, 6.45) is 75.8. The molecule has 3 N–H and O–H groups in total. The van der Waals surface area contributed by atoms with Gasteiger partial charge in [-0.15, -0.1) is 0 Å². The number of allylic oxidation sites excluding steroid dienone is 4.